The SMILES string of the molecule is CCOCC(=O)NC(C)c1cc2ccccc2o1. The van der Waals surface area contributed by atoms with Crippen molar-refractivity contribution in [3.05, 3.63) is 36.1 Å². The van der Waals surface area contributed by atoms with E-state index in [-0.39, 0.29) is 18.6 Å². The number of furan rings is 1. The zero-order valence-electron chi connectivity index (χ0n) is 10.6. The Morgan fingerprint density at radius 3 is 2.94 bits per heavy atom. The quantitative estimate of drug-likeness (QED) is 0.883. The normalized spacial score (nSPS) is 12.6. The number of amides is 1. The van der Waals surface area contributed by atoms with E-state index in [9.17, 15) is 4.79 Å². The third-order valence-electron chi connectivity index (χ3n) is 2.69. The Bertz CT molecular complexity index is 500. The standard InChI is InChI=1S/C14H17NO3/c1-3-17-9-14(16)15-10(2)13-8-11-6-4-5-7-12(11)18-13/h4-8,10H,3,9H2,1-2H3,(H,15,16). The largest absolute Gasteiger partial charge is 0.459 e. The molecule has 2 rings (SSSR count). The van der Waals surface area contributed by atoms with Crippen molar-refractivity contribution in [1.82, 2.24) is 5.32 Å². The number of hydrogen-bond acceptors (Lipinski definition) is 3. The average Bonchev–Trinajstić information content (AvgIpc) is 2.80. The Kier molecular flexibility index (Phi) is 3.99. The molecule has 1 aromatic heterocycles. The van der Waals surface area contributed by atoms with Gasteiger partial charge in [0.25, 0.3) is 0 Å². The molecule has 4 heteroatoms. The lowest BCUT2D eigenvalue weighted by Gasteiger charge is -2.10. The van der Waals surface area contributed by atoms with Crippen LogP contribution >= 0.6 is 0 Å². The van der Waals surface area contributed by atoms with Gasteiger partial charge in [-0.1, -0.05) is 18.2 Å². The lowest BCUT2D eigenvalue weighted by Crippen LogP contribution is -2.29. The van der Waals surface area contributed by atoms with Crippen LogP contribution in [0.5, 0.6) is 0 Å². The van der Waals surface area contributed by atoms with Crippen LogP contribution in [0.4, 0.5) is 0 Å². The number of para-hydroxylation sites is 1. The zero-order valence-corrected chi connectivity index (χ0v) is 10.6. The zero-order chi connectivity index (χ0) is 13.0. The highest BCUT2D eigenvalue weighted by molar-refractivity contribution is 5.79. The molecule has 0 radical (unpaired) electrons. The predicted octanol–water partition coefficient (Wildman–Crippen LogP) is 2.65. The van der Waals surface area contributed by atoms with Gasteiger partial charge in [-0.05, 0) is 26.0 Å². The number of benzene rings is 1. The van der Waals surface area contributed by atoms with Gasteiger partial charge in [0.2, 0.25) is 5.91 Å². The first-order valence-corrected chi connectivity index (χ1v) is 6.06. The summed E-state index contributed by atoms with van der Waals surface area (Å²) in [5, 5.41) is 3.87. The summed E-state index contributed by atoms with van der Waals surface area (Å²) < 4.78 is 10.7. The van der Waals surface area contributed by atoms with Crippen LogP contribution in [-0.4, -0.2) is 19.1 Å². The van der Waals surface area contributed by atoms with Gasteiger partial charge in [-0.25, -0.2) is 0 Å². The number of carbonyl (C=O) groups is 1. The molecule has 1 aromatic carbocycles. The van der Waals surface area contributed by atoms with Crippen LogP contribution < -0.4 is 5.32 Å². The Labute approximate surface area is 106 Å². The molecule has 96 valence electrons. The number of fused-ring (bicyclic) bond motifs is 1. The average molecular weight is 247 g/mol. The van der Waals surface area contributed by atoms with Crippen molar-refractivity contribution in [2.45, 2.75) is 19.9 Å². The van der Waals surface area contributed by atoms with E-state index in [1.165, 1.54) is 0 Å². The molecule has 1 N–H and O–H groups in total. The predicted molar refractivity (Wildman–Crippen MR) is 69.3 cm³/mol. The van der Waals surface area contributed by atoms with Crippen molar-refractivity contribution < 1.29 is 13.9 Å². The molecule has 0 aliphatic rings. The molecule has 0 fully saturated rings. The summed E-state index contributed by atoms with van der Waals surface area (Å²) in [5.74, 6) is 0.617. The van der Waals surface area contributed by atoms with Crippen molar-refractivity contribution in [3.8, 4) is 0 Å². The number of nitrogens with one attached hydrogen (secondary N) is 1. The topological polar surface area (TPSA) is 51.5 Å². The van der Waals surface area contributed by atoms with E-state index < -0.39 is 0 Å². The molecule has 1 unspecified atom stereocenters. The molecule has 2 aromatic rings. The van der Waals surface area contributed by atoms with Crippen LogP contribution in [0.1, 0.15) is 25.6 Å². The van der Waals surface area contributed by atoms with Gasteiger partial charge in [0.15, 0.2) is 0 Å². The minimum atomic E-state index is -0.162. The number of carbonyl (C=O) groups excluding carboxylic acids is 1. The van der Waals surface area contributed by atoms with Gasteiger partial charge in [0.1, 0.15) is 18.0 Å². The van der Waals surface area contributed by atoms with Crippen LogP contribution in [0.25, 0.3) is 11.0 Å². The Balaban J connectivity index is 2.04. The maximum Gasteiger partial charge on any atom is 0.246 e. The molecule has 1 heterocycles. The van der Waals surface area contributed by atoms with Gasteiger partial charge in [0.05, 0.1) is 6.04 Å². The third-order valence-corrected chi connectivity index (χ3v) is 2.69. The molecular formula is C14H17NO3. The molecule has 1 atom stereocenters. The molecule has 0 saturated carbocycles. The van der Waals surface area contributed by atoms with E-state index in [0.717, 1.165) is 16.7 Å². The minimum absolute atomic E-state index is 0.0844. The highest BCUT2D eigenvalue weighted by Gasteiger charge is 2.13. The fraction of sp³-hybridized carbons (Fsp3) is 0.357. The Hall–Kier alpha value is -1.81. The van der Waals surface area contributed by atoms with Crippen LogP contribution in [0.15, 0.2) is 34.7 Å². The first-order valence-electron chi connectivity index (χ1n) is 6.06. The summed E-state index contributed by atoms with van der Waals surface area (Å²) in [5.41, 5.74) is 0.832. The number of rotatable bonds is 5. The Morgan fingerprint density at radius 1 is 1.44 bits per heavy atom. The van der Waals surface area contributed by atoms with E-state index in [1.807, 2.05) is 44.2 Å². The van der Waals surface area contributed by atoms with E-state index >= 15 is 0 Å². The van der Waals surface area contributed by atoms with Crippen LogP contribution in [0, 0.1) is 0 Å². The summed E-state index contributed by atoms with van der Waals surface area (Å²) in [4.78, 5) is 11.5. The van der Waals surface area contributed by atoms with Crippen molar-refractivity contribution in [3.63, 3.8) is 0 Å². The van der Waals surface area contributed by atoms with Crippen LogP contribution in [0.2, 0.25) is 0 Å². The highest BCUT2D eigenvalue weighted by Crippen LogP contribution is 2.23. The monoisotopic (exact) mass is 247 g/mol. The second-order valence-corrected chi connectivity index (χ2v) is 4.11. The van der Waals surface area contributed by atoms with E-state index in [2.05, 4.69) is 5.32 Å². The first kappa shape index (κ1) is 12.6. The maximum absolute atomic E-state index is 11.5. The second-order valence-electron chi connectivity index (χ2n) is 4.11. The fourth-order valence-electron chi connectivity index (χ4n) is 1.76. The van der Waals surface area contributed by atoms with Gasteiger partial charge in [-0.2, -0.15) is 0 Å². The molecule has 0 saturated heterocycles. The lowest BCUT2D eigenvalue weighted by atomic mass is 10.2. The molecule has 0 aliphatic heterocycles. The number of ether oxygens (including phenoxy) is 1. The highest BCUT2D eigenvalue weighted by atomic mass is 16.5. The van der Waals surface area contributed by atoms with Crippen molar-refractivity contribution in [2.24, 2.45) is 0 Å². The molecule has 1 amide bonds. The van der Waals surface area contributed by atoms with Gasteiger partial charge in [-0.3, -0.25) is 4.79 Å². The third kappa shape index (κ3) is 2.90. The van der Waals surface area contributed by atoms with Gasteiger partial charge < -0.3 is 14.5 Å². The summed E-state index contributed by atoms with van der Waals surface area (Å²) in [6.07, 6.45) is 0. The molecule has 0 aliphatic carbocycles. The second kappa shape index (κ2) is 5.69. The fourth-order valence-corrected chi connectivity index (χ4v) is 1.76. The van der Waals surface area contributed by atoms with Gasteiger partial charge in [0, 0.05) is 12.0 Å². The van der Waals surface area contributed by atoms with Crippen molar-refractivity contribution in [1.29, 1.82) is 0 Å². The van der Waals surface area contributed by atoms with Crippen LogP contribution in [0.3, 0.4) is 0 Å². The van der Waals surface area contributed by atoms with E-state index in [1.54, 1.807) is 0 Å². The first-order chi connectivity index (χ1) is 8.70. The summed E-state index contributed by atoms with van der Waals surface area (Å²) in [6, 6.07) is 9.56. The smallest absolute Gasteiger partial charge is 0.246 e. The molecule has 4 nitrogen and oxygen atoms in total. The summed E-state index contributed by atoms with van der Waals surface area (Å²) >= 11 is 0. The van der Waals surface area contributed by atoms with Gasteiger partial charge in [-0.15, -0.1) is 0 Å². The number of hydrogen-bond donors (Lipinski definition) is 1. The Morgan fingerprint density at radius 2 is 2.22 bits per heavy atom. The van der Waals surface area contributed by atoms with E-state index in [4.69, 9.17) is 9.15 Å². The maximum atomic E-state index is 11.5. The minimum Gasteiger partial charge on any atom is -0.459 e. The molecule has 18 heavy (non-hydrogen) atoms. The van der Waals surface area contributed by atoms with Crippen LogP contribution in [-0.2, 0) is 9.53 Å². The van der Waals surface area contributed by atoms with Gasteiger partial charge >= 0.3 is 0 Å². The summed E-state index contributed by atoms with van der Waals surface area (Å²) in [6.45, 7) is 4.37. The molecule has 0 bridgehead atoms. The molecular weight excluding hydrogens is 230 g/mol. The summed E-state index contributed by atoms with van der Waals surface area (Å²) in [7, 11) is 0. The van der Waals surface area contributed by atoms with E-state index in [0.29, 0.717) is 6.61 Å². The van der Waals surface area contributed by atoms with Crippen molar-refractivity contribution >= 4 is 16.9 Å². The van der Waals surface area contributed by atoms with Crippen molar-refractivity contribution in [2.75, 3.05) is 13.2 Å². The lowest BCUT2D eigenvalue weighted by molar-refractivity contribution is -0.126. The molecule has 0 spiro atoms.